The lowest BCUT2D eigenvalue weighted by Crippen LogP contribution is -2.45. The Labute approximate surface area is 219 Å². The predicted octanol–water partition coefficient (Wildman–Crippen LogP) is 3.76. The largest absolute Gasteiger partial charge is 0.351 e. The molecule has 1 saturated heterocycles. The fourth-order valence-corrected chi connectivity index (χ4v) is 5.83. The zero-order chi connectivity index (χ0) is 26.2. The van der Waals surface area contributed by atoms with E-state index in [1.165, 1.54) is 12.8 Å². The molecule has 2 amide bonds. The van der Waals surface area contributed by atoms with Gasteiger partial charge in [0.15, 0.2) is 5.82 Å². The van der Waals surface area contributed by atoms with E-state index in [0.29, 0.717) is 24.1 Å². The van der Waals surface area contributed by atoms with E-state index in [1.807, 2.05) is 46.0 Å². The van der Waals surface area contributed by atoms with Gasteiger partial charge < -0.3 is 25.8 Å². The average Bonchev–Trinajstić information content (AvgIpc) is 3.41. The monoisotopic (exact) mass is 505 g/mol. The molecular formula is C28H39N7O2. The van der Waals surface area contributed by atoms with Gasteiger partial charge in [0.2, 0.25) is 11.9 Å². The Morgan fingerprint density at radius 2 is 1.95 bits per heavy atom. The first-order chi connectivity index (χ1) is 17.7. The summed E-state index contributed by atoms with van der Waals surface area (Å²) in [4.78, 5) is 39.5. The Bertz CT molecular complexity index is 1170. The molecule has 1 aliphatic carbocycles. The number of nitrogens with one attached hydrogen (secondary N) is 3. The number of piperidine rings is 1. The van der Waals surface area contributed by atoms with Gasteiger partial charge >= 0.3 is 0 Å². The molecule has 3 heterocycles. The van der Waals surface area contributed by atoms with Gasteiger partial charge in [-0.3, -0.25) is 9.59 Å². The maximum Gasteiger partial charge on any atom is 0.251 e. The lowest BCUT2D eigenvalue weighted by molar-refractivity contribution is -0.125. The van der Waals surface area contributed by atoms with Gasteiger partial charge in [-0.1, -0.05) is 12.8 Å². The van der Waals surface area contributed by atoms with E-state index in [1.54, 1.807) is 11.1 Å². The van der Waals surface area contributed by atoms with Gasteiger partial charge in [0.1, 0.15) is 5.69 Å². The van der Waals surface area contributed by atoms with Crippen LogP contribution in [0, 0.1) is 12.3 Å². The smallest absolute Gasteiger partial charge is 0.251 e. The van der Waals surface area contributed by atoms with Crippen LogP contribution in [0.25, 0.3) is 0 Å². The molecule has 37 heavy (non-hydrogen) atoms. The number of carbonyl (C=O) groups excluding carboxylic acids is 2. The quantitative estimate of drug-likeness (QED) is 0.569. The number of aromatic nitrogens is 2. The molecule has 2 aromatic rings. The minimum atomic E-state index is -0.522. The number of nitrogens with zero attached hydrogens (tertiary/aromatic N) is 4. The van der Waals surface area contributed by atoms with Crippen LogP contribution in [-0.2, 0) is 4.79 Å². The lowest BCUT2D eigenvalue weighted by Gasteiger charge is -2.34. The highest BCUT2D eigenvalue weighted by Gasteiger charge is 2.41. The second kappa shape index (κ2) is 10.3. The van der Waals surface area contributed by atoms with Gasteiger partial charge in [-0.15, -0.1) is 0 Å². The molecule has 1 aromatic carbocycles. The van der Waals surface area contributed by atoms with E-state index >= 15 is 0 Å². The van der Waals surface area contributed by atoms with E-state index in [-0.39, 0.29) is 17.9 Å². The van der Waals surface area contributed by atoms with Crippen molar-refractivity contribution in [3.8, 4) is 0 Å². The molecule has 9 heteroatoms. The van der Waals surface area contributed by atoms with E-state index in [0.717, 1.165) is 61.5 Å². The number of fused-ring (bicyclic) bond motifs is 1. The van der Waals surface area contributed by atoms with Crippen LogP contribution in [0.3, 0.4) is 0 Å². The number of carbonyl (C=O) groups is 2. The molecule has 1 saturated carbocycles. The first-order valence-corrected chi connectivity index (χ1v) is 13.5. The van der Waals surface area contributed by atoms with E-state index in [2.05, 4.69) is 25.8 Å². The van der Waals surface area contributed by atoms with Crippen LogP contribution in [-0.4, -0.2) is 60.5 Å². The Hall–Kier alpha value is -3.20. The van der Waals surface area contributed by atoms with Crippen LogP contribution in [0.15, 0.2) is 24.4 Å². The molecule has 1 unspecified atom stereocenters. The third kappa shape index (κ3) is 5.28. The third-order valence-corrected chi connectivity index (χ3v) is 7.97. The summed E-state index contributed by atoms with van der Waals surface area (Å²) in [5.74, 6) is 1.32. The predicted molar refractivity (Wildman–Crippen MR) is 147 cm³/mol. The van der Waals surface area contributed by atoms with Gasteiger partial charge in [-0.05, 0) is 76.8 Å². The maximum absolute atomic E-state index is 13.2. The Morgan fingerprint density at radius 1 is 1.16 bits per heavy atom. The molecule has 0 spiro atoms. The van der Waals surface area contributed by atoms with Gasteiger partial charge in [-0.25, -0.2) is 4.98 Å². The summed E-state index contributed by atoms with van der Waals surface area (Å²) >= 11 is 0. The van der Waals surface area contributed by atoms with Gasteiger partial charge in [0, 0.05) is 43.5 Å². The summed E-state index contributed by atoms with van der Waals surface area (Å²) in [5.41, 5.74) is 2.66. The van der Waals surface area contributed by atoms with Gasteiger partial charge in [0.05, 0.1) is 11.6 Å². The molecule has 3 N–H and O–H groups in total. The second-order valence-corrected chi connectivity index (χ2v) is 11.4. The molecule has 1 atom stereocenters. The number of anilines is 4. The fourth-order valence-electron chi connectivity index (χ4n) is 5.83. The molecule has 2 fully saturated rings. The average molecular weight is 506 g/mol. The SMILES string of the molecule is Cc1cc(C(=O)NC2CCCNC2)ccc1Nc1ncc2c(n1)N(C1CCCC1)CC(C)(C)C(=O)N2C. The van der Waals surface area contributed by atoms with Crippen molar-refractivity contribution < 1.29 is 9.59 Å². The molecule has 0 radical (unpaired) electrons. The Morgan fingerprint density at radius 3 is 2.65 bits per heavy atom. The fraction of sp³-hybridized carbons (Fsp3) is 0.571. The molecule has 0 bridgehead atoms. The standard InChI is InChI=1S/C28H39N7O2/c1-18-14-19(25(36)31-20-8-7-13-29-15-20)11-12-22(18)32-27-30-16-23-24(33-27)35(21-9-5-6-10-21)17-28(2,3)26(37)34(23)4/h11-12,14,16,20-21,29H,5-10,13,15,17H2,1-4H3,(H,31,36)(H,30,32,33). The van der Waals surface area contributed by atoms with Crippen LogP contribution in [0.1, 0.15) is 68.3 Å². The molecule has 198 valence electrons. The third-order valence-electron chi connectivity index (χ3n) is 7.97. The van der Waals surface area contributed by atoms with Crippen LogP contribution in [0.4, 0.5) is 23.1 Å². The molecule has 2 aliphatic heterocycles. The van der Waals surface area contributed by atoms with Crippen molar-refractivity contribution in [1.29, 1.82) is 0 Å². The number of aryl methyl sites for hydroxylation is 1. The van der Waals surface area contributed by atoms with Crippen molar-refractivity contribution >= 4 is 35.0 Å². The Balaban J connectivity index is 1.38. The number of hydrogen-bond acceptors (Lipinski definition) is 7. The summed E-state index contributed by atoms with van der Waals surface area (Å²) in [7, 11) is 1.81. The van der Waals surface area contributed by atoms with Crippen molar-refractivity contribution in [3.63, 3.8) is 0 Å². The first kappa shape index (κ1) is 25.4. The molecule has 5 rings (SSSR count). The summed E-state index contributed by atoms with van der Waals surface area (Å²) in [6.45, 7) is 8.46. The molecule has 1 aromatic heterocycles. The van der Waals surface area contributed by atoms with Crippen molar-refractivity contribution in [2.24, 2.45) is 5.41 Å². The van der Waals surface area contributed by atoms with Crippen LogP contribution in [0.5, 0.6) is 0 Å². The van der Waals surface area contributed by atoms with E-state index in [9.17, 15) is 9.59 Å². The maximum atomic E-state index is 13.2. The zero-order valence-electron chi connectivity index (χ0n) is 22.4. The van der Waals surface area contributed by atoms with Crippen molar-refractivity contribution in [1.82, 2.24) is 20.6 Å². The van der Waals surface area contributed by atoms with Crippen molar-refractivity contribution in [2.45, 2.75) is 71.4 Å². The highest BCUT2D eigenvalue weighted by atomic mass is 16.2. The van der Waals surface area contributed by atoms with E-state index in [4.69, 9.17) is 4.98 Å². The second-order valence-electron chi connectivity index (χ2n) is 11.4. The number of amides is 2. The highest BCUT2D eigenvalue weighted by molar-refractivity contribution is 6.01. The van der Waals surface area contributed by atoms with E-state index < -0.39 is 5.41 Å². The normalized spacial score (nSPS) is 21.9. The first-order valence-electron chi connectivity index (χ1n) is 13.5. The van der Waals surface area contributed by atoms with Gasteiger partial charge in [-0.2, -0.15) is 4.98 Å². The summed E-state index contributed by atoms with van der Waals surface area (Å²) < 4.78 is 0. The van der Waals surface area contributed by atoms with Crippen LogP contribution >= 0.6 is 0 Å². The van der Waals surface area contributed by atoms with Crippen molar-refractivity contribution in [3.05, 3.63) is 35.5 Å². The van der Waals surface area contributed by atoms with Crippen molar-refractivity contribution in [2.75, 3.05) is 41.8 Å². The lowest BCUT2D eigenvalue weighted by atomic mass is 9.91. The minimum Gasteiger partial charge on any atom is -0.351 e. The number of benzene rings is 1. The number of rotatable bonds is 5. The molecule has 9 nitrogen and oxygen atoms in total. The van der Waals surface area contributed by atoms with Gasteiger partial charge in [0.25, 0.3) is 5.91 Å². The Kier molecular flexibility index (Phi) is 7.07. The molecule has 3 aliphatic rings. The van der Waals surface area contributed by atoms with Crippen LogP contribution < -0.4 is 25.8 Å². The highest BCUT2D eigenvalue weighted by Crippen LogP contribution is 2.40. The zero-order valence-corrected chi connectivity index (χ0v) is 22.4. The summed E-state index contributed by atoms with van der Waals surface area (Å²) in [6, 6.07) is 6.19. The topological polar surface area (TPSA) is 102 Å². The minimum absolute atomic E-state index is 0.0489. The van der Waals surface area contributed by atoms with Crippen LogP contribution in [0.2, 0.25) is 0 Å². The number of hydrogen-bond donors (Lipinski definition) is 3. The molecular weight excluding hydrogens is 466 g/mol. The summed E-state index contributed by atoms with van der Waals surface area (Å²) in [5, 5.41) is 9.82. The summed E-state index contributed by atoms with van der Waals surface area (Å²) in [6.07, 6.45) is 8.46.